The van der Waals surface area contributed by atoms with Gasteiger partial charge in [0.1, 0.15) is 5.75 Å². The van der Waals surface area contributed by atoms with Crippen LogP contribution in [0, 0.1) is 6.92 Å². The molecule has 1 aromatic carbocycles. The Morgan fingerprint density at radius 1 is 1.27 bits per heavy atom. The summed E-state index contributed by atoms with van der Waals surface area (Å²) in [6.07, 6.45) is 0.904. The molecule has 1 aliphatic heterocycles. The van der Waals surface area contributed by atoms with E-state index < -0.39 is 0 Å². The molecule has 3 rings (SSSR count). The number of anilines is 1. The number of piperazine rings is 1. The number of para-hydroxylation sites is 2. The average Bonchev–Trinajstić information content (AvgIpc) is 3.05. The van der Waals surface area contributed by atoms with Gasteiger partial charge >= 0.3 is 0 Å². The SMILES string of the molecule is CN=C(NCCc1csc(C)n1)N1CCN(c2ccccc2O)CC1.I. The van der Waals surface area contributed by atoms with Gasteiger partial charge in [0.05, 0.1) is 16.4 Å². The van der Waals surface area contributed by atoms with Crippen molar-refractivity contribution in [1.29, 1.82) is 0 Å². The molecule has 1 fully saturated rings. The minimum Gasteiger partial charge on any atom is -0.506 e. The van der Waals surface area contributed by atoms with Gasteiger partial charge in [-0.3, -0.25) is 4.99 Å². The first-order valence-electron chi connectivity index (χ1n) is 8.57. The molecule has 0 radical (unpaired) electrons. The Labute approximate surface area is 176 Å². The van der Waals surface area contributed by atoms with Crippen LogP contribution in [0.3, 0.4) is 0 Å². The first kappa shape index (κ1) is 20.8. The number of hydrogen-bond acceptors (Lipinski definition) is 5. The summed E-state index contributed by atoms with van der Waals surface area (Å²) in [7, 11) is 1.82. The van der Waals surface area contributed by atoms with Crippen molar-refractivity contribution in [3.63, 3.8) is 0 Å². The number of phenolic OH excluding ortho intramolecular Hbond substituents is 1. The van der Waals surface area contributed by atoms with Gasteiger partial charge in [0, 0.05) is 51.6 Å². The Morgan fingerprint density at radius 2 is 2.00 bits per heavy atom. The minimum atomic E-state index is 0. The van der Waals surface area contributed by atoms with E-state index in [4.69, 9.17) is 0 Å². The molecule has 142 valence electrons. The van der Waals surface area contributed by atoms with Gasteiger partial charge in [-0.1, -0.05) is 12.1 Å². The Kier molecular flexibility index (Phi) is 7.95. The third kappa shape index (κ3) is 5.23. The van der Waals surface area contributed by atoms with Crippen LogP contribution in [0.25, 0.3) is 0 Å². The van der Waals surface area contributed by atoms with Crippen molar-refractivity contribution < 1.29 is 5.11 Å². The first-order chi connectivity index (χ1) is 12.2. The van der Waals surface area contributed by atoms with Crippen molar-refractivity contribution in [2.45, 2.75) is 13.3 Å². The molecule has 0 aliphatic carbocycles. The van der Waals surface area contributed by atoms with Crippen LogP contribution in [0.1, 0.15) is 10.7 Å². The topological polar surface area (TPSA) is 64.0 Å². The van der Waals surface area contributed by atoms with Crippen molar-refractivity contribution in [2.75, 3.05) is 44.7 Å². The molecule has 26 heavy (non-hydrogen) atoms. The molecule has 6 nitrogen and oxygen atoms in total. The maximum Gasteiger partial charge on any atom is 0.193 e. The molecule has 0 spiro atoms. The number of thiazole rings is 1. The second kappa shape index (κ2) is 9.96. The fourth-order valence-corrected chi connectivity index (χ4v) is 3.70. The van der Waals surface area contributed by atoms with Crippen LogP contribution in [-0.2, 0) is 6.42 Å². The number of aromatic nitrogens is 1. The maximum atomic E-state index is 10.0. The average molecular weight is 487 g/mol. The zero-order valence-corrected chi connectivity index (χ0v) is 18.3. The third-order valence-electron chi connectivity index (χ3n) is 4.34. The first-order valence-corrected chi connectivity index (χ1v) is 9.45. The summed E-state index contributed by atoms with van der Waals surface area (Å²) in [4.78, 5) is 13.4. The summed E-state index contributed by atoms with van der Waals surface area (Å²) in [5.41, 5.74) is 2.04. The molecular weight excluding hydrogens is 461 g/mol. The van der Waals surface area contributed by atoms with E-state index in [1.165, 1.54) is 0 Å². The lowest BCUT2D eigenvalue weighted by atomic mass is 10.2. The van der Waals surface area contributed by atoms with E-state index in [9.17, 15) is 5.11 Å². The van der Waals surface area contributed by atoms with Gasteiger partial charge in [-0.25, -0.2) is 4.98 Å². The monoisotopic (exact) mass is 487 g/mol. The van der Waals surface area contributed by atoms with Crippen LogP contribution < -0.4 is 10.2 Å². The summed E-state index contributed by atoms with van der Waals surface area (Å²) < 4.78 is 0. The molecule has 0 unspecified atom stereocenters. The molecule has 2 heterocycles. The maximum absolute atomic E-state index is 10.0. The molecule has 8 heteroatoms. The molecule has 0 saturated carbocycles. The fraction of sp³-hybridized carbons (Fsp3) is 0.444. The van der Waals surface area contributed by atoms with E-state index in [-0.39, 0.29) is 24.0 Å². The van der Waals surface area contributed by atoms with E-state index in [0.29, 0.717) is 5.75 Å². The smallest absolute Gasteiger partial charge is 0.193 e. The lowest BCUT2D eigenvalue weighted by molar-refractivity contribution is 0.370. The number of benzene rings is 1. The quantitative estimate of drug-likeness (QED) is 0.395. The summed E-state index contributed by atoms with van der Waals surface area (Å²) in [6, 6.07) is 7.52. The molecule has 1 saturated heterocycles. The molecule has 2 aromatic rings. The molecule has 1 aliphatic rings. The number of phenols is 1. The lowest BCUT2D eigenvalue weighted by Crippen LogP contribution is -2.52. The normalized spacial score (nSPS) is 14.9. The Hall–Kier alpha value is -1.55. The lowest BCUT2D eigenvalue weighted by Gasteiger charge is -2.37. The Bertz CT molecular complexity index is 728. The molecular formula is C18H26IN5OS. The van der Waals surface area contributed by atoms with Gasteiger partial charge in [-0.05, 0) is 19.1 Å². The summed E-state index contributed by atoms with van der Waals surface area (Å²) >= 11 is 1.69. The van der Waals surface area contributed by atoms with Gasteiger partial charge < -0.3 is 20.2 Å². The number of nitrogens with one attached hydrogen (secondary N) is 1. The van der Waals surface area contributed by atoms with Crippen LogP contribution in [-0.4, -0.2) is 60.7 Å². The van der Waals surface area contributed by atoms with Gasteiger partial charge in [-0.15, -0.1) is 35.3 Å². The van der Waals surface area contributed by atoms with Gasteiger partial charge in [0.15, 0.2) is 5.96 Å². The largest absolute Gasteiger partial charge is 0.506 e. The van der Waals surface area contributed by atoms with E-state index in [2.05, 4.69) is 30.5 Å². The van der Waals surface area contributed by atoms with Crippen molar-refractivity contribution in [3.8, 4) is 5.75 Å². The second-order valence-corrected chi connectivity index (χ2v) is 7.11. The highest BCUT2D eigenvalue weighted by molar-refractivity contribution is 14.0. The Morgan fingerprint density at radius 3 is 2.62 bits per heavy atom. The van der Waals surface area contributed by atoms with Crippen LogP contribution in [0.2, 0.25) is 0 Å². The van der Waals surface area contributed by atoms with Crippen molar-refractivity contribution in [3.05, 3.63) is 40.3 Å². The van der Waals surface area contributed by atoms with E-state index in [0.717, 1.165) is 61.5 Å². The molecule has 1 aromatic heterocycles. The summed E-state index contributed by atoms with van der Waals surface area (Å²) in [5, 5.41) is 16.7. The number of rotatable bonds is 4. The van der Waals surface area contributed by atoms with Crippen LogP contribution in [0.15, 0.2) is 34.6 Å². The highest BCUT2D eigenvalue weighted by Crippen LogP contribution is 2.27. The fourth-order valence-electron chi connectivity index (χ4n) is 3.05. The zero-order chi connectivity index (χ0) is 17.6. The second-order valence-electron chi connectivity index (χ2n) is 6.04. The summed E-state index contributed by atoms with van der Waals surface area (Å²) in [6.45, 7) is 6.35. The number of hydrogen-bond donors (Lipinski definition) is 2. The molecule has 0 amide bonds. The highest BCUT2D eigenvalue weighted by Gasteiger charge is 2.21. The van der Waals surface area contributed by atoms with E-state index in [1.54, 1.807) is 17.4 Å². The number of halogens is 1. The molecule has 0 bridgehead atoms. The molecule has 0 atom stereocenters. The predicted molar refractivity (Wildman–Crippen MR) is 119 cm³/mol. The van der Waals surface area contributed by atoms with Crippen LogP contribution in [0.4, 0.5) is 5.69 Å². The summed E-state index contributed by atoms with van der Waals surface area (Å²) in [5.74, 6) is 1.28. The predicted octanol–water partition coefficient (Wildman–Crippen LogP) is 2.72. The van der Waals surface area contributed by atoms with Crippen molar-refractivity contribution in [2.24, 2.45) is 4.99 Å². The zero-order valence-electron chi connectivity index (χ0n) is 15.2. The Balaban J connectivity index is 0.00000243. The van der Waals surface area contributed by atoms with Gasteiger partial charge in [0.2, 0.25) is 0 Å². The van der Waals surface area contributed by atoms with E-state index >= 15 is 0 Å². The van der Waals surface area contributed by atoms with Crippen molar-refractivity contribution in [1.82, 2.24) is 15.2 Å². The minimum absolute atomic E-state index is 0. The number of guanidine groups is 1. The third-order valence-corrected chi connectivity index (χ3v) is 5.17. The number of aliphatic imine (C=N–C) groups is 1. The van der Waals surface area contributed by atoms with Crippen molar-refractivity contribution >= 4 is 47.0 Å². The number of aromatic hydroxyl groups is 1. The highest BCUT2D eigenvalue weighted by atomic mass is 127. The number of aryl methyl sites for hydroxylation is 1. The van der Waals surface area contributed by atoms with Crippen LogP contribution in [0.5, 0.6) is 5.75 Å². The van der Waals surface area contributed by atoms with Gasteiger partial charge in [-0.2, -0.15) is 0 Å². The molecule has 2 N–H and O–H groups in total. The van der Waals surface area contributed by atoms with Gasteiger partial charge in [0.25, 0.3) is 0 Å². The number of nitrogens with zero attached hydrogens (tertiary/aromatic N) is 4. The van der Waals surface area contributed by atoms with E-state index in [1.807, 2.05) is 32.2 Å². The van der Waals surface area contributed by atoms with Crippen LogP contribution >= 0.6 is 35.3 Å². The standard InChI is InChI=1S/C18H25N5OS.HI/c1-14-21-15(13-25-14)7-8-20-18(19-2)23-11-9-22(10-12-23)16-5-3-4-6-17(16)24;/h3-6,13,24H,7-12H2,1-2H3,(H,19,20);1H.